The Hall–Kier alpha value is -0.610. The molecule has 0 radical (unpaired) electrons. The molecule has 0 aliphatic heterocycles. The summed E-state index contributed by atoms with van der Waals surface area (Å²) in [4.78, 5) is 26.4. The van der Waals surface area contributed by atoms with Gasteiger partial charge in [0.15, 0.2) is 11.6 Å². The molecular formula is C39H75O5P. The van der Waals surface area contributed by atoms with Crippen LogP contribution in [0.2, 0.25) is 0 Å². The molecular weight excluding hydrogens is 579 g/mol. The van der Waals surface area contributed by atoms with Gasteiger partial charge in [-0.05, 0) is 38.5 Å². The van der Waals surface area contributed by atoms with Crippen molar-refractivity contribution in [2.75, 3.05) is 6.61 Å². The number of ketones is 2. The topological polar surface area (TPSA) is 83.8 Å². The summed E-state index contributed by atoms with van der Waals surface area (Å²) in [5.74, 6) is -0.825. The number of aliphatic hydroxyl groups excluding tert-OH is 2. The van der Waals surface area contributed by atoms with Crippen LogP contribution in [0, 0.1) is 0 Å². The van der Waals surface area contributed by atoms with Crippen molar-refractivity contribution in [2.24, 2.45) is 0 Å². The van der Waals surface area contributed by atoms with Crippen LogP contribution in [-0.4, -0.2) is 40.1 Å². The number of hydrogen-bond donors (Lipinski definition) is 2. The minimum atomic E-state index is -1.98. The largest absolute Gasteiger partial charge is 0.394 e. The molecule has 0 aliphatic rings. The summed E-state index contributed by atoms with van der Waals surface area (Å²) < 4.78 is 5.36. The molecule has 0 aliphatic carbocycles. The lowest BCUT2D eigenvalue weighted by Gasteiger charge is -2.33. The van der Waals surface area contributed by atoms with E-state index in [0.29, 0.717) is 12.8 Å². The van der Waals surface area contributed by atoms with Crippen LogP contribution in [-0.2, 0) is 14.1 Å². The van der Waals surface area contributed by atoms with Crippen LogP contribution in [0.4, 0.5) is 0 Å². The monoisotopic (exact) mass is 655 g/mol. The van der Waals surface area contributed by atoms with Gasteiger partial charge in [0, 0.05) is 22.3 Å². The molecule has 266 valence electrons. The van der Waals surface area contributed by atoms with E-state index < -0.39 is 29.9 Å². The van der Waals surface area contributed by atoms with E-state index in [1.54, 1.807) is 0 Å². The molecule has 0 saturated heterocycles. The third-order valence-corrected chi connectivity index (χ3v) is 9.70. The van der Waals surface area contributed by atoms with Gasteiger partial charge in [-0.1, -0.05) is 167 Å². The van der Waals surface area contributed by atoms with Crippen LogP contribution in [0.25, 0.3) is 0 Å². The molecule has 3 atom stereocenters. The average molecular weight is 655 g/mol. The standard InChI is InChI=1S/C39H75O5P/c1-3-5-7-9-11-13-15-17-19-21-23-25-27-29-31-33-36(41)39(44-45,38(43)35-40)37(42)34-32-30-28-26-24-22-20-18-16-14-12-10-8-6-4-2/h17,19,38,40,43H,3-16,18,20-35,45H2,1-2H3/b19-17-. The maximum atomic E-state index is 13.2. The van der Waals surface area contributed by atoms with Gasteiger partial charge in [0.2, 0.25) is 5.60 Å². The zero-order valence-electron chi connectivity index (χ0n) is 29.8. The molecule has 0 aromatic heterocycles. The lowest BCUT2D eigenvalue weighted by atomic mass is 9.82. The number of allylic oxidation sites excluding steroid dienone is 2. The highest BCUT2D eigenvalue weighted by atomic mass is 31.0. The van der Waals surface area contributed by atoms with Gasteiger partial charge >= 0.3 is 0 Å². The predicted molar refractivity (Wildman–Crippen MR) is 196 cm³/mol. The molecule has 2 N–H and O–H groups in total. The van der Waals surface area contributed by atoms with Crippen LogP contribution < -0.4 is 0 Å². The van der Waals surface area contributed by atoms with Gasteiger partial charge in [-0.3, -0.25) is 9.59 Å². The molecule has 0 aromatic carbocycles. The van der Waals surface area contributed by atoms with Crippen molar-refractivity contribution in [3.63, 3.8) is 0 Å². The molecule has 0 saturated carbocycles. The van der Waals surface area contributed by atoms with Gasteiger partial charge in [0.25, 0.3) is 0 Å². The van der Waals surface area contributed by atoms with Crippen molar-refractivity contribution in [1.29, 1.82) is 0 Å². The van der Waals surface area contributed by atoms with Gasteiger partial charge < -0.3 is 14.7 Å². The average Bonchev–Trinajstić information content (AvgIpc) is 3.05. The second kappa shape index (κ2) is 33.3. The highest BCUT2D eigenvalue weighted by molar-refractivity contribution is 7.10. The smallest absolute Gasteiger partial charge is 0.215 e. The van der Waals surface area contributed by atoms with Crippen LogP contribution in [0.15, 0.2) is 12.2 Å². The Morgan fingerprint density at radius 2 is 0.844 bits per heavy atom. The number of hydrogen-bond acceptors (Lipinski definition) is 5. The minimum Gasteiger partial charge on any atom is -0.394 e. The second-order valence-corrected chi connectivity index (χ2v) is 13.7. The lowest BCUT2D eigenvalue weighted by Crippen LogP contribution is -2.57. The Balaban J connectivity index is 4.10. The Labute approximate surface area is 281 Å². The van der Waals surface area contributed by atoms with E-state index in [0.717, 1.165) is 44.9 Å². The summed E-state index contributed by atoms with van der Waals surface area (Å²) in [5, 5.41) is 20.2. The first-order chi connectivity index (χ1) is 22.0. The number of aliphatic hydroxyl groups is 2. The summed E-state index contributed by atoms with van der Waals surface area (Å²) in [6, 6.07) is 0. The highest BCUT2D eigenvalue weighted by Gasteiger charge is 2.50. The molecule has 3 unspecified atom stereocenters. The first kappa shape index (κ1) is 44.4. The lowest BCUT2D eigenvalue weighted by molar-refractivity contribution is -0.160. The summed E-state index contributed by atoms with van der Waals surface area (Å²) in [6.07, 6.45) is 37.3. The Morgan fingerprint density at radius 3 is 1.13 bits per heavy atom. The molecule has 0 bridgehead atoms. The van der Waals surface area contributed by atoms with Crippen molar-refractivity contribution < 1.29 is 24.3 Å². The number of carbonyl (C=O) groups is 2. The minimum absolute atomic E-state index is 0.175. The van der Waals surface area contributed by atoms with E-state index in [-0.39, 0.29) is 12.8 Å². The zero-order chi connectivity index (χ0) is 33.3. The van der Waals surface area contributed by atoms with Crippen molar-refractivity contribution in [3.8, 4) is 0 Å². The quantitative estimate of drug-likeness (QED) is 0.0304. The summed E-state index contributed by atoms with van der Waals surface area (Å²) in [7, 11) is 2.00. The fourth-order valence-corrected chi connectivity index (χ4v) is 6.67. The molecule has 45 heavy (non-hydrogen) atoms. The van der Waals surface area contributed by atoms with E-state index in [4.69, 9.17) is 4.52 Å². The Kier molecular flexibility index (Phi) is 32.8. The van der Waals surface area contributed by atoms with Crippen molar-refractivity contribution >= 4 is 21.0 Å². The van der Waals surface area contributed by atoms with Crippen LogP contribution in [0.3, 0.4) is 0 Å². The van der Waals surface area contributed by atoms with E-state index in [2.05, 4.69) is 26.0 Å². The van der Waals surface area contributed by atoms with Gasteiger partial charge in [-0.25, -0.2) is 0 Å². The zero-order valence-corrected chi connectivity index (χ0v) is 31.0. The van der Waals surface area contributed by atoms with Gasteiger partial charge in [0.05, 0.1) is 6.61 Å². The third-order valence-electron chi connectivity index (χ3n) is 9.33. The van der Waals surface area contributed by atoms with Crippen molar-refractivity contribution in [3.05, 3.63) is 12.2 Å². The first-order valence-corrected chi connectivity index (χ1v) is 19.9. The normalized spacial score (nSPS) is 13.8. The maximum absolute atomic E-state index is 13.2. The summed E-state index contributed by atoms with van der Waals surface area (Å²) in [5.41, 5.74) is -1.98. The summed E-state index contributed by atoms with van der Waals surface area (Å²) >= 11 is 0. The molecule has 0 amide bonds. The Bertz CT molecular complexity index is 697. The van der Waals surface area contributed by atoms with E-state index >= 15 is 0 Å². The number of rotatable bonds is 36. The predicted octanol–water partition coefficient (Wildman–Crippen LogP) is 11.3. The number of Topliss-reactive ketones (excluding diaryl/α,β-unsaturated/α-hetero) is 2. The summed E-state index contributed by atoms with van der Waals surface area (Å²) in [6.45, 7) is 3.83. The molecule has 0 heterocycles. The molecule has 0 rings (SSSR count). The third kappa shape index (κ3) is 23.4. The van der Waals surface area contributed by atoms with Crippen LogP contribution >= 0.6 is 9.47 Å². The van der Waals surface area contributed by atoms with Crippen LogP contribution in [0.5, 0.6) is 0 Å². The van der Waals surface area contributed by atoms with Gasteiger partial charge in [-0.15, -0.1) is 0 Å². The van der Waals surface area contributed by atoms with Gasteiger partial charge in [0.1, 0.15) is 6.10 Å². The van der Waals surface area contributed by atoms with E-state index in [1.165, 1.54) is 122 Å². The fourth-order valence-electron chi connectivity index (χ4n) is 6.25. The fraction of sp³-hybridized carbons (Fsp3) is 0.897. The molecule has 6 heteroatoms. The van der Waals surface area contributed by atoms with E-state index in [9.17, 15) is 19.8 Å². The SMILES string of the molecule is CCCCCCCC/C=C\CCCCCCCC(=O)C(OP)(C(=O)CCCCCCCCCCCCCCCCC)C(O)CO. The van der Waals surface area contributed by atoms with E-state index in [1.807, 2.05) is 9.47 Å². The molecule has 0 fully saturated rings. The molecule has 5 nitrogen and oxygen atoms in total. The Morgan fingerprint density at radius 1 is 0.556 bits per heavy atom. The van der Waals surface area contributed by atoms with Gasteiger partial charge in [-0.2, -0.15) is 0 Å². The molecule has 0 aromatic rings. The second-order valence-electron chi connectivity index (χ2n) is 13.4. The molecule has 0 spiro atoms. The van der Waals surface area contributed by atoms with Crippen molar-refractivity contribution in [1.82, 2.24) is 0 Å². The van der Waals surface area contributed by atoms with Crippen molar-refractivity contribution in [2.45, 2.75) is 218 Å². The number of carbonyl (C=O) groups excluding carboxylic acids is 2. The highest BCUT2D eigenvalue weighted by Crippen LogP contribution is 2.28. The van der Waals surface area contributed by atoms with Crippen LogP contribution in [0.1, 0.15) is 206 Å². The maximum Gasteiger partial charge on any atom is 0.215 e. The first-order valence-electron chi connectivity index (χ1n) is 19.4. The number of unbranched alkanes of at least 4 members (excludes halogenated alkanes) is 25.